The Morgan fingerprint density at radius 3 is 2.66 bits per heavy atom. The fraction of sp³-hybridized carbons (Fsp3) is 0.409. The van der Waals surface area contributed by atoms with Gasteiger partial charge in [0.25, 0.3) is 5.56 Å². The minimum atomic E-state index is -0.0299. The number of thioether (sulfide) groups is 1. The summed E-state index contributed by atoms with van der Waals surface area (Å²) in [5.41, 5.74) is 1.05. The number of rotatable bonds is 5. The summed E-state index contributed by atoms with van der Waals surface area (Å²) in [4.78, 5) is 34.1. The molecule has 29 heavy (non-hydrogen) atoms. The Kier molecular flexibility index (Phi) is 6.06. The molecule has 1 fully saturated rings. The highest BCUT2D eigenvalue weighted by molar-refractivity contribution is 7.99. The van der Waals surface area contributed by atoms with Crippen molar-refractivity contribution in [2.24, 2.45) is 5.92 Å². The van der Waals surface area contributed by atoms with E-state index < -0.39 is 0 Å². The molecule has 1 aromatic carbocycles. The third kappa shape index (κ3) is 4.26. The van der Waals surface area contributed by atoms with Crippen LogP contribution in [0.15, 0.2) is 46.3 Å². The summed E-state index contributed by atoms with van der Waals surface area (Å²) < 4.78 is 1.68. The van der Waals surface area contributed by atoms with Crippen LogP contribution in [0.2, 0.25) is 0 Å². The molecule has 0 spiro atoms. The number of thiophene rings is 1. The monoisotopic (exact) mass is 427 g/mol. The number of fused-ring (bicyclic) bond motifs is 1. The molecule has 1 aliphatic heterocycles. The van der Waals surface area contributed by atoms with Gasteiger partial charge in [-0.3, -0.25) is 14.2 Å². The van der Waals surface area contributed by atoms with Gasteiger partial charge in [0.2, 0.25) is 5.91 Å². The number of benzene rings is 1. The molecule has 0 atom stereocenters. The number of likely N-dealkylation sites (tertiary alicyclic amines) is 1. The van der Waals surface area contributed by atoms with Crippen molar-refractivity contribution in [3.63, 3.8) is 0 Å². The summed E-state index contributed by atoms with van der Waals surface area (Å²) in [6.45, 7) is 6.38. The Hall–Kier alpha value is -2.12. The van der Waals surface area contributed by atoms with Gasteiger partial charge < -0.3 is 4.90 Å². The quantitative estimate of drug-likeness (QED) is 0.445. The number of aromatic nitrogens is 2. The Balaban J connectivity index is 1.59. The topological polar surface area (TPSA) is 55.2 Å². The maximum absolute atomic E-state index is 13.0. The van der Waals surface area contributed by atoms with Crippen molar-refractivity contribution in [2.75, 3.05) is 18.8 Å². The van der Waals surface area contributed by atoms with Crippen LogP contribution in [0.5, 0.6) is 0 Å². The number of hydrogen-bond donors (Lipinski definition) is 0. The highest BCUT2D eigenvalue weighted by Gasteiger charge is 2.21. The van der Waals surface area contributed by atoms with Crippen LogP contribution in [-0.4, -0.2) is 39.2 Å². The fourth-order valence-corrected chi connectivity index (χ4v) is 5.65. The van der Waals surface area contributed by atoms with Gasteiger partial charge in [0.15, 0.2) is 5.16 Å². The summed E-state index contributed by atoms with van der Waals surface area (Å²) in [5.74, 6) is 1.15. The summed E-state index contributed by atoms with van der Waals surface area (Å²) in [7, 11) is 0. The van der Waals surface area contributed by atoms with Crippen molar-refractivity contribution >= 4 is 39.2 Å². The van der Waals surface area contributed by atoms with Crippen LogP contribution in [0.1, 0.15) is 26.7 Å². The van der Waals surface area contributed by atoms with Gasteiger partial charge in [0.1, 0.15) is 4.83 Å². The first-order chi connectivity index (χ1) is 14.1. The molecule has 4 rings (SSSR count). The Bertz CT molecular complexity index is 1070. The number of carbonyl (C=O) groups is 1. The first kappa shape index (κ1) is 20.2. The molecular formula is C22H25N3O2S2. The van der Waals surface area contributed by atoms with Crippen LogP contribution in [-0.2, 0) is 11.3 Å². The van der Waals surface area contributed by atoms with E-state index in [0.717, 1.165) is 41.2 Å². The molecule has 3 heterocycles. The molecule has 1 amide bonds. The highest BCUT2D eigenvalue weighted by atomic mass is 32.2. The number of carbonyl (C=O) groups excluding carboxylic acids is 1. The van der Waals surface area contributed by atoms with Crippen LogP contribution in [0.4, 0.5) is 0 Å². The lowest BCUT2D eigenvalue weighted by atomic mass is 9.99. The molecule has 1 aliphatic rings. The molecule has 0 bridgehead atoms. The van der Waals surface area contributed by atoms with E-state index in [2.05, 4.69) is 6.92 Å². The standard InChI is InChI=1S/C22H25N3O2S2/c1-3-25-21(27)17-13-18(16-7-5-4-6-8-16)29-20(17)23-22(25)28-14-19(26)24-11-9-15(2)10-12-24/h4-8,13,15H,3,9-12,14H2,1-2H3. The highest BCUT2D eigenvalue weighted by Crippen LogP contribution is 2.32. The van der Waals surface area contributed by atoms with E-state index >= 15 is 0 Å². The van der Waals surface area contributed by atoms with E-state index in [1.54, 1.807) is 4.57 Å². The maximum atomic E-state index is 13.0. The zero-order valence-electron chi connectivity index (χ0n) is 16.8. The van der Waals surface area contributed by atoms with Crippen LogP contribution < -0.4 is 5.56 Å². The van der Waals surface area contributed by atoms with Gasteiger partial charge in [-0.1, -0.05) is 49.0 Å². The van der Waals surface area contributed by atoms with E-state index in [0.29, 0.717) is 28.8 Å². The number of nitrogens with zero attached hydrogens (tertiary/aromatic N) is 3. The van der Waals surface area contributed by atoms with E-state index in [4.69, 9.17) is 4.98 Å². The Morgan fingerprint density at radius 2 is 1.97 bits per heavy atom. The normalized spacial score (nSPS) is 15.2. The third-order valence-electron chi connectivity index (χ3n) is 5.45. The number of piperidine rings is 1. The lowest BCUT2D eigenvalue weighted by Gasteiger charge is -2.30. The third-order valence-corrected chi connectivity index (χ3v) is 7.49. The second-order valence-electron chi connectivity index (χ2n) is 7.49. The van der Waals surface area contributed by atoms with Gasteiger partial charge in [-0.05, 0) is 37.3 Å². The average Bonchev–Trinajstić information content (AvgIpc) is 3.18. The predicted octanol–water partition coefficient (Wildman–Crippen LogP) is 4.50. The SMILES string of the molecule is CCn1c(SCC(=O)N2CCC(C)CC2)nc2sc(-c3ccccc3)cc2c1=O. The summed E-state index contributed by atoms with van der Waals surface area (Å²) in [6, 6.07) is 12.0. The van der Waals surface area contributed by atoms with Crippen molar-refractivity contribution in [2.45, 2.75) is 38.4 Å². The molecule has 0 unspecified atom stereocenters. The zero-order chi connectivity index (χ0) is 20.4. The van der Waals surface area contributed by atoms with Crippen LogP contribution in [0.3, 0.4) is 0 Å². The van der Waals surface area contributed by atoms with Gasteiger partial charge in [-0.15, -0.1) is 11.3 Å². The zero-order valence-corrected chi connectivity index (χ0v) is 18.4. The van der Waals surface area contributed by atoms with E-state index in [1.165, 1.54) is 23.1 Å². The van der Waals surface area contributed by atoms with Gasteiger partial charge in [-0.2, -0.15) is 0 Å². The minimum absolute atomic E-state index is 0.0299. The number of hydrogen-bond acceptors (Lipinski definition) is 5. The average molecular weight is 428 g/mol. The van der Waals surface area contributed by atoms with Crippen molar-refractivity contribution in [1.82, 2.24) is 14.5 Å². The van der Waals surface area contributed by atoms with Crippen molar-refractivity contribution < 1.29 is 4.79 Å². The molecular weight excluding hydrogens is 402 g/mol. The predicted molar refractivity (Wildman–Crippen MR) is 121 cm³/mol. The fourth-order valence-electron chi connectivity index (χ4n) is 3.61. The number of amides is 1. The molecule has 5 nitrogen and oxygen atoms in total. The Morgan fingerprint density at radius 1 is 1.24 bits per heavy atom. The molecule has 0 N–H and O–H groups in total. The molecule has 7 heteroatoms. The van der Waals surface area contributed by atoms with Crippen molar-refractivity contribution in [3.05, 3.63) is 46.8 Å². The van der Waals surface area contributed by atoms with E-state index in [9.17, 15) is 9.59 Å². The summed E-state index contributed by atoms with van der Waals surface area (Å²) >= 11 is 2.90. The molecule has 0 saturated carbocycles. The van der Waals surface area contributed by atoms with Gasteiger partial charge >= 0.3 is 0 Å². The smallest absolute Gasteiger partial charge is 0.262 e. The second-order valence-corrected chi connectivity index (χ2v) is 9.46. The molecule has 0 radical (unpaired) electrons. The summed E-state index contributed by atoms with van der Waals surface area (Å²) in [5, 5.41) is 1.28. The van der Waals surface area contributed by atoms with Crippen LogP contribution in [0, 0.1) is 5.92 Å². The Labute approximate surface area is 178 Å². The largest absolute Gasteiger partial charge is 0.342 e. The summed E-state index contributed by atoms with van der Waals surface area (Å²) in [6.07, 6.45) is 2.13. The molecule has 2 aromatic heterocycles. The first-order valence-corrected chi connectivity index (χ1v) is 11.9. The van der Waals surface area contributed by atoms with E-state index in [-0.39, 0.29) is 11.5 Å². The van der Waals surface area contributed by atoms with Gasteiger partial charge in [0.05, 0.1) is 11.1 Å². The van der Waals surface area contributed by atoms with Gasteiger partial charge in [0, 0.05) is 24.5 Å². The lowest BCUT2D eigenvalue weighted by molar-refractivity contribution is -0.129. The van der Waals surface area contributed by atoms with Crippen LogP contribution >= 0.6 is 23.1 Å². The molecule has 1 saturated heterocycles. The van der Waals surface area contributed by atoms with Crippen LogP contribution in [0.25, 0.3) is 20.7 Å². The first-order valence-electron chi connectivity index (χ1n) is 10.1. The van der Waals surface area contributed by atoms with E-state index in [1.807, 2.05) is 48.2 Å². The molecule has 3 aromatic rings. The second kappa shape index (κ2) is 8.71. The van der Waals surface area contributed by atoms with Gasteiger partial charge in [-0.25, -0.2) is 4.98 Å². The molecule has 152 valence electrons. The molecule has 0 aliphatic carbocycles. The van der Waals surface area contributed by atoms with Crippen molar-refractivity contribution in [1.29, 1.82) is 0 Å². The maximum Gasteiger partial charge on any atom is 0.262 e. The van der Waals surface area contributed by atoms with Crippen molar-refractivity contribution in [3.8, 4) is 10.4 Å². The lowest BCUT2D eigenvalue weighted by Crippen LogP contribution is -2.39. The minimum Gasteiger partial charge on any atom is -0.342 e.